The second kappa shape index (κ2) is 10.7. The molecule has 4 heterocycles. The fourth-order valence-electron chi connectivity index (χ4n) is 5.27. The van der Waals surface area contributed by atoms with Crippen molar-refractivity contribution in [2.75, 3.05) is 28.2 Å². The van der Waals surface area contributed by atoms with Crippen LogP contribution < -0.4 is 25.2 Å². The van der Waals surface area contributed by atoms with E-state index < -0.39 is 0 Å². The average Bonchev–Trinajstić information content (AvgIpc) is 3.33. The van der Waals surface area contributed by atoms with Crippen LogP contribution >= 0.6 is 11.3 Å². The number of carbonyl (C=O) groups is 3. The molecule has 0 aliphatic carbocycles. The first-order chi connectivity index (χ1) is 19.5. The number of nitrogens with one attached hydrogen (secondary N) is 2. The fraction of sp³-hybridized carbons (Fsp3) is 0.267. The number of piperidine rings is 1. The van der Waals surface area contributed by atoms with Crippen LogP contribution in [0.15, 0.2) is 60.8 Å². The molecule has 204 valence electrons. The predicted octanol–water partition coefficient (Wildman–Crippen LogP) is 6.35. The molecule has 1 atom stereocenters. The molecule has 4 amide bonds. The molecule has 2 aliphatic rings. The molecule has 0 bridgehead atoms. The van der Waals surface area contributed by atoms with Crippen LogP contribution in [0.3, 0.4) is 0 Å². The largest absolute Gasteiger partial charge is 0.457 e. The van der Waals surface area contributed by atoms with E-state index >= 15 is 0 Å². The molecule has 9 nitrogen and oxygen atoms in total. The molecule has 6 rings (SSSR count). The number of imide groups is 1. The van der Waals surface area contributed by atoms with E-state index in [2.05, 4.69) is 15.6 Å². The van der Waals surface area contributed by atoms with Crippen molar-refractivity contribution >= 4 is 61.5 Å². The second-order valence-corrected chi connectivity index (χ2v) is 10.9. The average molecular weight is 556 g/mol. The Morgan fingerprint density at radius 1 is 1.12 bits per heavy atom. The van der Waals surface area contributed by atoms with Crippen LogP contribution in [-0.4, -0.2) is 35.9 Å². The lowest BCUT2D eigenvalue weighted by atomic mass is 9.98. The predicted molar refractivity (Wildman–Crippen MR) is 157 cm³/mol. The number of rotatable bonds is 6. The molecule has 1 saturated heterocycles. The number of aromatic nitrogens is 1. The minimum Gasteiger partial charge on any atom is -0.457 e. The topological polar surface area (TPSA) is 104 Å². The number of carbonyl (C=O) groups excluding carboxylic acids is 3. The van der Waals surface area contributed by atoms with Gasteiger partial charge < -0.3 is 15.4 Å². The first kappa shape index (κ1) is 26.0. The van der Waals surface area contributed by atoms with Gasteiger partial charge in [0.05, 0.1) is 28.4 Å². The molecule has 2 aromatic carbocycles. The van der Waals surface area contributed by atoms with Crippen molar-refractivity contribution in [3.05, 3.63) is 66.4 Å². The van der Waals surface area contributed by atoms with Crippen molar-refractivity contribution in [2.45, 2.75) is 33.1 Å². The minimum atomic E-state index is -0.379. The summed E-state index contributed by atoms with van der Waals surface area (Å²) in [5.74, 6) is 0.532. The highest BCUT2D eigenvalue weighted by atomic mass is 32.1. The van der Waals surface area contributed by atoms with E-state index in [9.17, 15) is 14.4 Å². The van der Waals surface area contributed by atoms with Gasteiger partial charge in [0.25, 0.3) is 0 Å². The Morgan fingerprint density at radius 3 is 2.67 bits per heavy atom. The lowest BCUT2D eigenvalue weighted by Gasteiger charge is -2.31. The third-order valence-electron chi connectivity index (χ3n) is 7.24. The highest BCUT2D eigenvalue weighted by Crippen LogP contribution is 2.50. The molecular weight excluding hydrogens is 526 g/mol. The van der Waals surface area contributed by atoms with Crippen molar-refractivity contribution in [3.63, 3.8) is 0 Å². The summed E-state index contributed by atoms with van der Waals surface area (Å²) < 4.78 is 5.98. The highest BCUT2D eigenvalue weighted by molar-refractivity contribution is 7.23. The number of anilines is 4. The standard InChI is InChI=1S/C30H29N5O4S/c1-3-24(36)35(28(37)19-8-7-14-31-17-19)29-26-25-23(13-15-32-27(25)40-29)34(30(38)33-26)22-12-11-21(16-18(22)2)39-20-9-5-4-6-10-20/h4-6,9-13,15-16,19,31H,3,7-8,14,17H2,1-2H3,(H,33,38). The summed E-state index contributed by atoms with van der Waals surface area (Å²) >= 11 is 1.25. The third kappa shape index (κ3) is 4.59. The Kier molecular flexibility index (Phi) is 6.95. The molecule has 4 aromatic rings. The zero-order valence-corrected chi connectivity index (χ0v) is 23.1. The monoisotopic (exact) mass is 555 g/mol. The molecule has 0 saturated carbocycles. The normalized spacial score (nSPS) is 16.5. The van der Waals surface area contributed by atoms with Gasteiger partial charge >= 0.3 is 6.03 Å². The molecule has 2 aliphatic heterocycles. The van der Waals surface area contributed by atoms with Crippen molar-refractivity contribution < 1.29 is 19.1 Å². The van der Waals surface area contributed by atoms with Gasteiger partial charge in [0.15, 0.2) is 0 Å². The second-order valence-electron chi connectivity index (χ2n) is 9.89. The number of thiophene rings is 1. The van der Waals surface area contributed by atoms with Gasteiger partial charge in [-0.25, -0.2) is 14.7 Å². The maximum atomic E-state index is 13.7. The van der Waals surface area contributed by atoms with Crippen molar-refractivity contribution in [1.82, 2.24) is 10.3 Å². The van der Waals surface area contributed by atoms with Gasteiger partial charge in [0.2, 0.25) is 11.8 Å². The molecule has 1 fully saturated rings. The molecule has 2 N–H and O–H groups in total. The number of pyridine rings is 1. The summed E-state index contributed by atoms with van der Waals surface area (Å²) in [5, 5.41) is 7.35. The van der Waals surface area contributed by atoms with Crippen molar-refractivity contribution in [1.29, 1.82) is 0 Å². The minimum absolute atomic E-state index is 0.163. The van der Waals surface area contributed by atoms with Crippen LogP contribution in [0.1, 0.15) is 31.7 Å². The summed E-state index contributed by atoms with van der Waals surface area (Å²) in [6, 6.07) is 16.5. The maximum absolute atomic E-state index is 13.7. The summed E-state index contributed by atoms with van der Waals surface area (Å²) in [7, 11) is 0. The van der Waals surface area contributed by atoms with Gasteiger partial charge in [-0.3, -0.25) is 14.5 Å². The smallest absolute Gasteiger partial charge is 0.331 e. The van der Waals surface area contributed by atoms with Gasteiger partial charge in [-0.2, -0.15) is 0 Å². The Hall–Kier alpha value is -4.28. The molecule has 0 spiro atoms. The van der Waals surface area contributed by atoms with E-state index in [0.29, 0.717) is 51.0 Å². The molecular formula is C30H29N5O4S. The maximum Gasteiger partial charge on any atom is 0.331 e. The number of hydrogen-bond acceptors (Lipinski definition) is 7. The van der Waals surface area contributed by atoms with Crippen LogP contribution in [0.25, 0.3) is 10.2 Å². The summed E-state index contributed by atoms with van der Waals surface area (Å²) in [6.07, 6.45) is 3.40. The van der Waals surface area contributed by atoms with E-state index in [-0.39, 0.29) is 30.2 Å². The van der Waals surface area contributed by atoms with E-state index in [4.69, 9.17) is 4.74 Å². The first-order valence-electron chi connectivity index (χ1n) is 13.4. The lowest BCUT2D eigenvalue weighted by Crippen LogP contribution is -2.46. The van der Waals surface area contributed by atoms with Gasteiger partial charge in [0.1, 0.15) is 21.3 Å². The quantitative estimate of drug-likeness (QED) is 0.287. The Labute approximate surface area is 235 Å². The van der Waals surface area contributed by atoms with Crippen LogP contribution in [-0.2, 0) is 9.59 Å². The van der Waals surface area contributed by atoms with Gasteiger partial charge in [-0.05, 0) is 68.3 Å². The number of urea groups is 1. The van der Waals surface area contributed by atoms with E-state index in [1.165, 1.54) is 16.2 Å². The van der Waals surface area contributed by atoms with Gasteiger partial charge in [-0.15, -0.1) is 0 Å². The van der Waals surface area contributed by atoms with Crippen molar-refractivity contribution in [3.8, 4) is 11.5 Å². The Balaban J connectivity index is 1.40. The zero-order valence-electron chi connectivity index (χ0n) is 22.3. The molecule has 10 heteroatoms. The number of nitrogens with zero attached hydrogens (tertiary/aromatic N) is 3. The summed E-state index contributed by atoms with van der Waals surface area (Å²) in [5.41, 5.74) is 2.62. The molecule has 40 heavy (non-hydrogen) atoms. The zero-order chi connectivity index (χ0) is 27.8. The number of para-hydroxylation sites is 1. The van der Waals surface area contributed by atoms with E-state index in [0.717, 1.165) is 24.3 Å². The van der Waals surface area contributed by atoms with Crippen LogP contribution in [0, 0.1) is 12.8 Å². The first-order valence-corrected chi connectivity index (χ1v) is 14.2. The van der Waals surface area contributed by atoms with Gasteiger partial charge in [0, 0.05) is 19.2 Å². The SMILES string of the molecule is CCC(=O)N(C(=O)C1CCCNC1)c1sc2nccc3c2c1NC(=O)N3c1ccc(Oc2ccccc2)cc1C. The summed E-state index contributed by atoms with van der Waals surface area (Å²) in [4.78, 5) is 48.5. The number of benzene rings is 2. The lowest BCUT2D eigenvalue weighted by molar-refractivity contribution is -0.129. The Bertz CT molecular complexity index is 1610. The fourth-order valence-corrected chi connectivity index (χ4v) is 6.42. The van der Waals surface area contributed by atoms with E-state index in [1.807, 2.05) is 55.5 Å². The number of aryl methyl sites for hydroxylation is 1. The van der Waals surface area contributed by atoms with Gasteiger partial charge in [-0.1, -0.05) is 36.5 Å². The molecule has 2 aromatic heterocycles. The number of hydrogen-bond donors (Lipinski definition) is 2. The van der Waals surface area contributed by atoms with Crippen LogP contribution in [0.5, 0.6) is 11.5 Å². The van der Waals surface area contributed by atoms with Crippen LogP contribution in [0.4, 0.5) is 26.9 Å². The number of ether oxygens (including phenoxy) is 1. The van der Waals surface area contributed by atoms with E-state index in [1.54, 1.807) is 24.1 Å². The Morgan fingerprint density at radius 2 is 1.95 bits per heavy atom. The summed E-state index contributed by atoms with van der Waals surface area (Å²) in [6.45, 7) is 5.04. The molecule has 1 unspecified atom stereocenters. The van der Waals surface area contributed by atoms with Crippen molar-refractivity contribution in [2.24, 2.45) is 5.92 Å². The van der Waals surface area contributed by atoms with Crippen LogP contribution in [0.2, 0.25) is 0 Å². The third-order valence-corrected chi connectivity index (χ3v) is 8.32. The highest BCUT2D eigenvalue weighted by Gasteiger charge is 2.38. The molecule has 0 radical (unpaired) electrons. The number of amides is 4.